The zero-order valence-corrected chi connectivity index (χ0v) is 26.1. The number of rotatable bonds is 12. The molecule has 2 aromatic carbocycles. The van der Waals surface area contributed by atoms with Crippen LogP contribution in [0.2, 0.25) is 0 Å². The van der Waals surface area contributed by atoms with Gasteiger partial charge in [0.1, 0.15) is 23.1 Å². The Labute approximate surface area is 265 Å². The van der Waals surface area contributed by atoms with Gasteiger partial charge in [0.2, 0.25) is 0 Å². The zero-order valence-electron chi connectivity index (χ0n) is 26.1. The Morgan fingerprint density at radius 2 is 1.85 bits per heavy atom. The van der Waals surface area contributed by atoms with Gasteiger partial charge in [0.05, 0.1) is 38.6 Å². The largest absolute Gasteiger partial charge is 0.493 e. The van der Waals surface area contributed by atoms with Gasteiger partial charge in [-0.25, -0.2) is 18.7 Å². The van der Waals surface area contributed by atoms with Crippen molar-refractivity contribution in [2.75, 3.05) is 32.2 Å². The number of aryl methyl sites for hydroxylation is 2. The minimum atomic E-state index is -0.724. The van der Waals surface area contributed by atoms with Crippen LogP contribution in [0.1, 0.15) is 42.5 Å². The normalized spacial score (nSPS) is 14.8. The van der Waals surface area contributed by atoms with E-state index >= 15 is 8.78 Å². The average molecular weight is 631 g/mol. The van der Waals surface area contributed by atoms with E-state index in [2.05, 4.69) is 15.3 Å². The molecule has 0 bridgehead atoms. The Balaban J connectivity index is 1.21. The smallest absolute Gasteiger partial charge is 0.183 e. The fourth-order valence-corrected chi connectivity index (χ4v) is 5.30. The van der Waals surface area contributed by atoms with Crippen molar-refractivity contribution in [3.05, 3.63) is 83.3 Å². The van der Waals surface area contributed by atoms with Gasteiger partial charge in [-0.15, -0.1) is 0 Å². The van der Waals surface area contributed by atoms with Crippen molar-refractivity contribution in [3.63, 3.8) is 0 Å². The highest BCUT2D eigenvalue weighted by molar-refractivity contribution is 5.92. The van der Waals surface area contributed by atoms with Crippen molar-refractivity contribution in [1.29, 1.82) is 0 Å². The summed E-state index contributed by atoms with van der Waals surface area (Å²) in [4.78, 5) is 13.6. The van der Waals surface area contributed by atoms with Crippen molar-refractivity contribution in [1.82, 2.24) is 24.7 Å². The summed E-state index contributed by atoms with van der Waals surface area (Å²) < 4.78 is 54.5. The number of aromatic nitrogens is 5. The Morgan fingerprint density at radius 3 is 2.63 bits per heavy atom. The van der Waals surface area contributed by atoms with E-state index in [1.807, 2.05) is 44.2 Å². The number of benzene rings is 2. The van der Waals surface area contributed by atoms with Crippen molar-refractivity contribution < 1.29 is 27.7 Å². The molecule has 1 fully saturated rings. The van der Waals surface area contributed by atoms with Gasteiger partial charge in [-0.1, -0.05) is 18.2 Å². The highest BCUT2D eigenvalue weighted by Gasteiger charge is 2.20. The van der Waals surface area contributed by atoms with E-state index in [0.717, 1.165) is 41.6 Å². The van der Waals surface area contributed by atoms with E-state index < -0.39 is 11.6 Å². The first-order chi connectivity index (χ1) is 22.4. The topological polar surface area (TPSA) is 105 Å². The van der Waals surface area contributed by atoms with Gasteiger partial charge in [-0.3, -0.25) is 9.67 Å². The van der Waals surface area contributed by atoms with Crippen molar-refractivity contribution >= 4 is 22.4 Å². The maximum atomic E-state index is 15.3. The van der Waals surface area contributed by atoms with E-state index in [9.17, 15) is 0 Å². The predicted molar refractivity (Wildman–Crippen MR) is 169 cm³/mol. The fraction of sp³-hybridized carbons (Fsp3) is 0.353. The highest BCUT2D eigenvalue weighted by atomic mass is 19.1. The maximum absolute atomic E-state index is 15.3. The quantitative estimate of drug-likeness (QED) is 0.147. The first-order valence-electron chi connectivity index (χ1n) is 15.3. The Kier molecular flexibility index (Phi) is 9.65. The van der Waals surface area contributed by atoms with Gasteiger partial charge in [0, 0.05) is 53.7 Å². The lowest BCUT2D eigenvalue weighted by Gasteiger charge is -2.22. The summed E-state index contributed by atoms with van der Waals surface area (Å²) in [5.74, 6) is -0.119. The second-order valence-electron chi connectivity index (χ2n) is 11.1. The molecule has 6 rings (SSSR count). The molecule has 4 heterocycles. The third-order valence-corrected chi connectivity index (χ3v) is 7.76. The molecular formula is C34H36F2N6O4. The summed E-state index contributed by atoms with van der Waals surface area (Å²) in [5, 5.41) is 8.78. The van der Waals surface area contributed by atoms with Gasteiger partial charge < -0.3 is 24.3 Å². The predicted octanol–water partition coefficient (Wildman–Crippen LogP) is 6.90. The van der Waals surface area contributed by atoms with Crippen LogP contribution in [0.15, 0.2) is 54.9 Å². The number of pyridine rings is 1. The van der Waals surface area contributed by atoms with Crippen LogP contribution in [0.25, 0.3) is 22.4 Å². The summed E-state index contributed by atoms with van der Waals surface area (Å²) in [6.07, 6.45) is 6.75. The standard InChI is InChI=1S/C34H36F2N6O4/c1-21-18-37-22(2)15-28(21)39-33-30(43-3)19-38-34(40-33)32-24-9-4-5-10-29(24)42(41-32)20-25-26(35)16-23(17-27(25)36)44-13-8-14-46-31-11-6-7-12-45-31/h4-5,9-10,15-19,31H,6-8,11-14,20H2,1-3H3,(H,37,38,39,40). The summed E-state index contributed by atoms with van der Waals surface area (Å²) >= 11 is 0. The summed E-state index contributed by atoms with van der Waals surface area (Å²) in [6, 6.07) is 11.7. The van der Waals surface area contributed by atoms with Gasteiger partial charge >= 0.3 is 0 Å². The number of methoxy groups -OCH3 is 1. The minimum Gasteiger partial charge on any atom is -0.493 e. The molecule has 1 N–H and O–H groups in total. The van der Waals surface area contributed by atoms with Crippen LogP contribution in [0.5, 0.6) is 11.5 Å². The lowest BCUT2D eigenvalue weighted by molar-refractivity contribution is -0.163. The Morgan fingerprint density at radius 1 is 1.02 bits per heavy atom. The number of hydrogen-bond acceptors (Lipinski definition) is 9. The molecule has 1 saturated heterocycles. The van der Waals surface area contributed by atoms with Crippen LogP contribution in [0, 0.1) is 25.5 Å². The van der Waals surface area contributed by atoms with Gasteiger partial charge in [0.15, 0.2) is 23.7 Å². The molecule has 0 radical (unpaired) electrons. The molecule has 0 spiro atoms. The van der Waals surface area contributed by atoms with Crippen LogP contribution >= 0.6 is 0 Å². The van der Waals surface area contributed by atoms with Crippen LogP contribution in [-0.2, 0) is 16.0 Å². The zero-order chi connectivity index (χ0) is 32.0. The molecule has 1 atom stereocenters. The molecule has 3 aromatic heterocycles. The van der Waals surface area contributed by atoms with Crippen LogP contribution in [0.4, 0.5) is 20.3 Å². The molecule has 46 heavy (non-hydrogen) atoms. The molecule has 10 nitrogen and oxygen atoms in total. The molecule has 1 aliphatic heterocycles. The fourth-order valence-electron chi connectivity index (χ4n) is 5.30. The second kappa shape index (κ2) is 14.2. The first kappa shape index (κ1) is 31.3. The number of hydrogen-bond donors (Lipinski definition) is 1. The number of nitrogens with zero attached hydrogens (tertiary/aromatic N) is 5. The SMILES string of the molecule is COc1cnc(-c2nn(Cc3c(F)cc(OCCCOC4CCCCO4)cc3F)c3ccccc23)nc1Nc1cc(C)ncc1C. The molecule has 1 aliphatic rings. The molecular weight excluding hydrogens is 594 g/mol. The molecule has 1 unspecified atom stereocenters. The van der Waals surface area contributed by atoms with Crippen LogP contribution < -0.4 is 14.8 Å². The van der Waals surface area contributed by atoms with Gasteiger partial charge in [0.25, 0.3) is 0 Å². The molecule has 0 amide bonds. The summed E-state index contributed by atoms with van der Waals surface area (Å²) in [5.41, 5.74) is 3.61. The highest BCUT2D eigenvalue weighted by Crippen LogP contribution is 2.32. The number of halogens is 2. The number of para-hydroxylation sites is 1. The number of anilines is 2. The minimum absolute atomic E-state index is 0.116. The van der Waals surface area contributed by atoms with Crippen molar-refractivity contribution in [3.8, 4) is 23.0 Å². The summed E-state index contributed by atoms with van der Waals surface area (Å²) in [6.45, 7) is 5.12. The molecule has 5 aromatic rings. The monoisotopic (exact) mass is 630 g/mol. The molecule has 0 saturated carbocycles. The van der Waals surface area contributed by atoms with E-state index in [1.165, 1.54) is 12.1 Å². The Hall–Kier alpha value is -4.68. The molecule has 240 valence electrons. The van der Waals surface area contributed by atoms with Gasteiger partial charge in [-0.2, -0.15) is 5.10 Å². The van der Waals surface area contributed by atoms with Gasteiger partial charge in [-0.05, 0) is 50.8 Å². The Bertz CT molecular complexity index is 1800. The van der Waals surface area contributed by atoms with E-state index in [1.54, 1.807) is 24.2 Å². The third-order valence-electron chi connectivity index (χ3n) is 7.76. The maximum Gasteiger partial charge on any atom is 0.183 e. The molecule has 12 heteroatoms. The van der Waals surface area contributed by atoms with Crippen LogP contribution in [-0.4, -0.2) is 58.0 Å². The lowest BCUT2D eigenvalue weighted by atomic mass is 10.1. The first-order valence-corrected chi connectivity index (χ1v) is 15.3. The van der Waals surface area contributed by atoms with Crippen molar-refractivity contribution in [2.45, 2.75) is 52.4 Å². The van der Waals surface area contributed by atoms with Crippen molar-refractivity contribution in [2.24, 2.45) is 0 Å². The summed E-state index contributed by atoms with van der Waals surface area (Å²) in [7, 11) is 1.54. The number of nitrogens with one attached hydrogen (secondary N) is 1. The average Bonchev–Trinajstić information content (AvgIpc) is 3.43. The second-order valence-corrected chi connectivity index (χ2v) is 11.1. The van der Waals surface area contributed by atoms with E-state index in [4.69, 9.17) is 29.0 Å². The lowest BCUT2D eigenvalue weighted by Crippen LogP contribution is -2.23. The van der Waals surface area contributed by atoms with E-state index in [0.29, 0.717) is 48.2 Å². The number of ether oxygens (including phenoxy) is 4. The number of fused-ring (bicyclic) bond motifs is 1. The molecule has 0 aliphatic carbocycles. The van der Waals surface area contributed by atoms with E-state index in [-0.39, 0.29) is 30.8 Å². The van der Waals surface area contributed by atoms with Crippen LogP contribution in [0.3, 0.4) is 0 Å². The third kappa shape index (κ3) is 7.08.